The highest BCUT2D eigenvalue weighted by Gasteiger charge is 2.37. The highest BCUT2D eigenvalue weighted by atomic mass is 79.9. The molecule has 0 saturated heterocycles. The molecule has 0 aliphatic rings. The molecule has 28 heavy (non-hydrogen) atoms. The van der Waals surface area contributed by atoms with Crippen LogP contribution in [0.25, 0.3) is 33.6 Å². The van der Waals surface area contributed by atoms with Crippen molar-refractivity contribution < 1.29 is 4.43 Å². The number of fused-ring (bicyclic) bond motifs is 2. The summed E-state index contributed by atoms with van der Waals surface area (Å²) in [5.41, 5.74) is 4.53. The second-order valence-electron chi connectivity index (χ2n) is 8.53. The fraction of sp³-hybridized carbons (Fsp3) is 0.350. The van der Waals surface area contributed by atoms with Crippen LogP contribution in [0.3, 0.4) is 0 Å². The molecule has 0 amide bonds. The third-order valence-electron chi connectivity index (χ3n) is 5.62. The van der Waals surface area contributed by atoms with E-state index in [-0.39, 0.29) is 5.04 Å². The molecule has 0 aliphatic heterocycles. The van der Waals surface area contributed by atoms with Crippen LogP contribution < -0.4 is 0 Å². The van der Waals surface area contributed by atoms with Gasteiger partial charge < -0.3 is 9.41 Å². The summed E-state index contributed by atoms with van der Waals surface area (Å²) in [6, 6.07) is 10.1. The summed E-state index contributed by atoms with van der Waals surface area (Å²) in [4.78, 5) is 12.6. The number of aromatic nitrogens is 5. The second kappa shape index (κ2) is 6.79. The van der Waals surface area contributed by atoms with E-state index in [1.54, 1.807) is 9.90 Å². The summed E-state index contributed by atoms with van der Waals surface area (Å²) in [5, 5.41) is 5.67. The first-order valence-corrected chi connectivity index (χ1v) is 12.9. The van der Waals surface area contributed by atoms with E-state index < -0.39 is 8.32 Å². The van der Waals surface area contributed by atoms with Gasteiger partial charge in [-0.3, -0.25) is 0 Å². The molecule has 0 spiro atoms. The Bertz CT molecular complexity index is 1160. The fourth-order valence-corrected chi connectivity index (χ4v) is 4.28. The van der Waals surface area contributed by atoms with E-state index in [9.17, 15) is 0 Å². The molecule has 1 aromatic carbocycles. The first-order chi connectivity index (χ1) is 13.2. The Kier molecular flexibility index (Phi) is 4.68. The normalized spacial score (nSPS) is 12.9. The topological polar surface area (TPSA) is 68.6 Å². The van der Waals surface area contributed by atoms with Crippen molar-refractivity contribution in [2.45, 2.75) is 45.5 Å². The van der Waals surface area contributed by atoms with Gasteiger partial charge in [0.15, 0.2) is 19.8 Å². The van der Waals surface area contributed by atoms with Crippen molar-refractivity contribution in [1.82, 2.24) is 23.8 Å². The molecule has 0 bridgehead atoms. The Labute approximate surface area is 173 Å². The van der Waals surface area contributed by atoms with Gasteiger partial charge in [-0.2, -0.15) is 8.81 Å². The Morgan fingerprint density at radius 2 is 1.96 bits per heavy atom. The predicted molar refractivity (Wildman–Crippen MR) is 119 cm³/mol. The number of halogens is 1. The van der Waals surface area contributed by atoms with Gasteiger partial charge in [-0.1, -0.05) is 32.9 Å². The lowest BCUT2D eigenvalue weighted by Gasteiger charge is -2.36. The summed E-state index contributed by atoms with van der Waals surface area (Å²) >= 11 is 3.42. The number of rotatable bonds is 4. The van der Waals surface area contributed by atoms with Crippen LogP contribution in [0.15, 0.2) is 36.5 Å². The van der Waals surface area contributed by atoms with Crippen LogP contribution in [0.2, 0.25) is 18.1 Å². The van der Waals surface area contributed by atoms with E-state index in [1.165, 1.54) is 0 Å². The summed E-state index contributed by atoms with van der Waals surface area (Å²) in [7, 11) is -1.83. The average Bonchev–Trinajstić information content (AvgIpc) is 3.21. The van der Waals surface area contributed by atoms with Crippen molar-refractivity contribution >= 4 is 46.5 Å². The molecule has 0 fully saturated rings. The Morgan fingerprint density at radius 3 is 2.71 bits per heavy atom. The zero-order chi connectivity index (χ0) is 20.1. The van der Waals surface area contributed by atoms with Crippen molar-refractivity contribution in [2.24, 2.45) is 0 Å². The van der Waals surface area contributed by atoms with Crippen molar-refractivity contribution in [1.29, 1.82) is 0 Å². The van der Waals surface area contributed by atoms with Gasteiger partial charge in [0.1, 0.15) is 5.69 Å². The number of nitrogens with one attached hydrogen (secondary N) is 1. The summed E-state index contributed by atoms with van der Waals surface area (Å²) in [5.74, 6) is 0.728. The number of H-pyrrole nitrogens is 1. The molecule has 3 heterocycles. The highest BCUT2D eigenvalue weighted by Crippen LogP contribution is 2.37. The minimum Gasteiger partial charge on any atom is -0.412 e. The van der Waals surface area contributed by atoms with Crippen molar-refractivity contribution in [2.75, 3.05) is 0 Å². The number of pyridine rings is 1. The molecule has 0 aliphatic carbocycles. The Morgan fingerprint density at radius 1 is 1.18 bits per heavy atom. The average molecular weight is 458 g/mol. The second-order valence-corrected chi connectivity index (χ2v) is 14.0. The fourth-order valence-electron chi connectivity index (χ4n) is 2.89. The van der Waals surface area contributed by atoms with Gasteiger partial charge in [0.2, 0.25) is 0 Å². The number of nitrogens with zero attached hydrogens (tertiary/aromatic N) is 4. The molecule has 146 valence electrons. The molecule has 6 nitrogen and oxygen atoms in total. The van der Waals surface area contributed by atoms with Crippen LogP contribution in [-0.4, -0.2) is 32.1 Å². The van der Waals surface area contributed by atoms with Gasteiger partial charge in [0, 0.05) is 11.8 Å². The Balaban J connectivity index is 1.73. The summed E-state index contributed by atoms with van der Waals surface area (Å²) in [6.45, 7) is 11.9. The number of benzene rings is 1. The molecule has 0 saturated carbocycles. The maximum atomic E-state index is 6.43. The first-order valence-electron chi connectivity index (χ1n) is 9.29. The van der Waals surface area contributed by atoms with Crippen LogP contribution in [0.1, 0.15) is 26.3 Å². The van der Waals surface area contributed by atoms with Crippen molar-refractivity contribution in [3.05, 3.63) is 42.1 Å². The third-order valence-corrected chi connectivity index (χ3v) is 10.6. The molecule has 0 unspecified atom stereocenters. The van der Waals surface area contributed by atoms with Gasteiger partial charge in [0.05, 0.1) is 39.2 Å². The third kappa shape index (κ3) is 3.29. The van der Waals surface area contributed by atoms with Crippen LogP contribution in [0.5, 0.6) is 0 Å². The number of hydrogen-bond donors (Lipinski definition) is 1. The van der Waals surface area contributed by atoms with E-state index in [2.05, 4.69) is 71.1 Å². The molecule has 0 radical (unpaired) electrons. The SMILES string of the molecule is CC(C)(C)[Si](C)(C)OCc1cccc2[nH]c(-c3nn(Br)c4ncccc34)nc12. The molecular formula is C20H24BrN5OSi. The quantitative estimate of drug-likeness (QED) is 0.401. The largest absolute Gasteiger partial charge is 0.412 e. The standard InChI is InChI=1S/C20H24BrN5OSi/c1-20(2,3)28(4,5)27-12-13-8-6-10-15-16(13)24-18(23-15)17-14-9-7-11-22-19(14)26(21)25-17/h6-11H,12H2,1-5H3,(H,23,24). The maximum Gasteiger partial charge on any atom is 0.192 e. The highest BCUT2D eigenvalue weighted by molar-refractivity contribution is 9.08. The molecule has 4 rings (SSSR count). The van der Waals surface area contributed by atoms with Crippen LogP contribution in [0, 0.1) is 0 Å². The lowest BCUT2D eigenvalue weighted by Crippen LogP contribution is -2.40. The molecule has 0 atom stereocenters. The van der Waals surface area contributed by atoms with E-state index in [0.29, 0.717) is 6.61 Å². The number of para-hydroxylation sites is 1. The zero-order valence-corrected chi connectivity index (χ0v) is 19.3. The summed E-state index contributed by atoms with van der Waals surface area (Å²) in [6.07, 6.45) is 1.75. The lowest BCUT2D eigenvalue weighted by molar-refractivity contribution is 0.277. The number of imidazole rings is 1. The van der Waals surface area contributed by atoms with Gasteiger partial charge in [0.25, 0.3) is 0 Å². The Hall–Kier alpha value is -2.03. The minimum absolute atomic E-state index is 0.173. The molecule has 8 heteroatoms. The molecular weight excluding hydrogens is 434 g/mol. The van der Waals surface area contributed by atoms with Gasteiger partial charge in [-0.25, -0.2) is 9.97 Å². The minimum atomic E-state index is -1.83. The smallest absolute Gasteiger partial charge is 0.192 e. The first kappa shape index (κ1) is 19.3. The molecule has 4 aromatic rings. The van der Waals surface area contributed by atoms with Crippen molar-refractivity contribution in [3.8, 4) is 11.5 Å². The van der Waals surface area contributed by atoms with Gasteiger partial charge in [-0.15, -0.1) is 0 Å². The monoisotopic (exact) mass is 457 g/mol. The number of hydrogen-bond acceptors (Lipinski definition) is 4. The molecule has 3 aromatic heterocycles. The molecule has 1 N–H and O–H groups in total. The van der Waals surface area contributed by atoms with Gasteiger partial charge in [-0.05, 0) is 36.3 Å². The summed E-state index contributed by atoms with van der Waals surface area (Å²) < 4.78 is 8.03. The van der Waals surface area contributed by atoms with E-state index in [4.69, 9.17) is 9.41 Å². The number of aromatic amines is 1. The van der Waals surface area contributed by atoms with Crippen LogP contribution in [0.4, 0.5) is 0 Å². The predicted octanol–water partition coefficient (Wildman–Crippen LogP) is 5.65. The maximum absolute atomic E-state index is 6.43. The van der Waals surface area contributed by atoms with Crippen LogP contribution in [-0.2, 0) is 11.0 Å². The van der Waals surface area contributed by atoms with Gasteiger partial charge >= 0.3 is 0 Å². The van der Waals surface area contributed by atoms with Crippen LogP contribution >= 0.6 is 16.1 Å². The zero-order valence-electron chi connectivity index (χ0n) is 16.7. The van der Waals surface area contributed by atoms with E-state index in [0.717, 1.165) is 39.1 Å². The lowest BCUT2D eigenvalue weighted by atomic mass is 10.2. The van der Waals surface area contributed by atoms with E-state index in [1.807, 2.05) is 24.3 Å². The van der Waals surface area contributed by atoms with E-state index >= 15 is 0 Å². The van der Waals surface area contributed by atoms with Crippen molar-refractivity contribution in [3.63, 3.8) is 0 Å².